The minimum absolute atomic E-state index is 0.0225. The van der Waals surface area contributed by atoms with Crippen molar-refractivity contribution in [2.24, 2.45) is 35.5 Å². The van der Waals surface area contributed by atoms with E-state index in [1.54, 1.807) is 13.8 Å². The van der Waals surface area contributed by atoms with Crippen LogP contribution in [-0.2, 0) is 19.1 Å². The Balaban J connectivity index is 1.50. The highest BCUT2D eigenvalue weighted by Gasteiger charge is 2.57. The average molecular weight is 360 g/mol. The van der Waals surface area contributed by atoms with Crippen LogP contribution in [0.15, 0.2) is 24.3 Å². The molecular formula is C22H32O4. The summed E-state index contributed by atoms with van der Waals surface area (Å²) in [6, 6.07) is 0. The average Bonchev–Trinajstić information content (AvgIpc) is 3.25. The summed E-state index contributed by atoms with van der Waals surface area (Å²) >= 11 is 0. The van der Waals surface area contributed by atoms with E-state index >= 15 is 0 Å². The van der Waals surface area contributed by atoms with E-state index in [0.717, 1.165) is 24.2 Å². The lowest BCUT2D eigenvalue weighted by molar-refractivity contribution is -0.147. The van der Waals surface area contributed by atoms with Gasteiger partial charge in [-0.25, -0.2) is 9.59 Å². The van der Waals surface area contributed by atoms with Crippen molar-refractivity contribution in [3.8, 4) is 0 Å². The molecule has 3 aliphatic carbocycles. The van der Waals surface area contributed by atoms with Gasteiger partial charge in [-0.15, -0.1) is 0 Å². The van der Waals surface area contributed by atoms with E-state index in [9.17, 15) is 9.59 Å². The monoisotopic (exact) mass is 360 g/mol. The standard InChI is InChI=1S/C22H32O4/c1-12(2)21(23)25-7-6-15-8-18-16-10-17(20(11-16)19(18)9-15)14(5)26-22(24)13(3)4/h14-20H,1,3,6-11H2,2,4-5H3. The van der Waals surface area contributed by atoms with Crippen LogP contribution in [0.1, 0.15) is 52.9 Å². The zero-order valence-electron chi connectivity index (χ0n) is 16.3. The summed E-state index contributed by atoms with van der Waals surface area (Å²) in [6.45, 7) is 13.2. The maximum Gasteiger partial charge on any atom is 0.333 e. The molecule has 0 amide bonds. The van der Waals surface area contributed by atoms with E-state index in [1.165, 1.54) is 25.7 Å². The molecule has 0 spiro atoms. The largest absolute Gasteiger partial charge is 0.462 e. The molecule has 26 heavy (non-hydrogen) atoms. The third-order valence-corrected chi connectivity index (χ3v) is 6.97. The fourth-order valence-corrected chi connectivity index (χ4v) is 5.81. The first-order valence-corrected chi connectivity index (χ1v) is 9.97. The van der Waals surface area contributed by atoms with Crippen LogP contribution >= 0.6 is 0 Å². The molecule has 0 N–H and O–H groups in total. The van der Waals surface area contributed by atoms with Gasteiger partial charge >= 0.3 is 11.9 Å². The van der Waals surface area contributed by atoms with Crippen molar-refractivity contribution in [2.75, 3.05) is 6.61 Å². The Morgan fingerprint density at radius 3 is 2.27 bits per heavy atom. The van der Waals surface area contributed by atoms with Crippen LogP contribution in [0.3, 0.4) is 0 Å². The van der Waals surface area contributed by atoms with Gasteiger partial charge in [0, 0.05) is 11.1 Å². The van der Waals surface area contributed by atoms with E-state index in [0.29, 0.717) is 35.5 Å². The second kappa shape index (κ2) is 7.58. The minimum Gasteiger partial charge on any atom is -0.462 e. The zero-order valence-corrected chi connectivity index (χ0v) is 16.3. The van der Waals surface area contributed by atoms with E-state index in [1.807, 2.05) is 6.92 Å². The van der Waals surface area contributed by atoms with Gasteiger partial charge in [0.05, 0.1) is 6.61 Å². The van der Waals surface area contributed by atoms with Crippen LogP contribution in [0, 0.1) is 35.5 Å². The van der Waals surface area contributed by atoms with E-state index in [2.05, 4.69) is 13.2 Å². The first kappa shape index (κ1) is 19.2. The fraction of sp³-hybridized carbons (Fsp3) is 0.727. The van der Waals surface area contributed by atoms with E-state index in [-0.39, 0.29) is 18.0 Å². The molecule has 0 aliphatic heterocycles. The predicted molar refractivity (Wildman–Crippen MR) is 100 cm³/mol. The number of rotatable bonds is 7. The molecule has 0 aromatic carbocycles. The predicted octanol–water partition coefficient (Wildman–Crippen LogP) is 4.30. The van der Waals surface area contributed by atoms with E-state index < -0.39 is 0 Å². The van der Waals surface area contributed by atoms with Crippen molar-refractivity contribution in [2.45, 2.75) is 59.0 Å². The third-order valence-electron chi connectivity index (χ3n) is 6.97. The summed E-state index contributed by atoms with van der Waals surface area (Å²) in [5, 5.41) is 0. The molecule has 144 valence electrons. The molecule has 7 atom stereocenters. The number of carbonyl (C=O) groups excluding carboxylic acids is 2. The van der Waals surface area contributed by atoms with Crippen molar-refractivity contribution in [3.63, 3.8) is 0 Å². The topological polar surface area (TPSA) is 52.6 Å². The highest BCUT2D eigenvalue weighted by molar-refractivity contribution is 5.87. The van der Waals surface area contributed by atoms with Crippen LogP contribution in [0.2, 0.25) is 0 Å². The Morgan fingerprint density at radius 1 is 0.962 bits per heavy atom. The first-order chi connectivity index (χ1) is 12.3. The Kier molecular flexibility index (Phi) is 5.59. The van der Waals surface area contributed by atoms with Gasteiger partial charge < -0.3 is 9.47 Å². The molecular weight excluding hydrogens is 328 g/mol. The molecule has 2 bridgehead atoms. The minimum atomic E-state index is -0.281. The summed E-state index contributed by atoms with van der Waals surface area (Å²) in [5.41, 5.74) is 0.940. The van der Waals surface area contributed by atoms with Gasteiger partial charge in [0.1, 0.15) is 6.10 Å². The Bertz CT molecular complexity index is 607. The fourth-order valence-electron chi connectivity index (χ4n) is 5.81. The Morgan fingerprint density at radius 2 is 1.62 bits per heavy atom. The van der Waals surface area contributed by atoms with Gasteiger partial charge in [-0.2, -0.15) is 0 Å². The normalized spacial score (nSPS) is 35.7. The summed E-state index contributed by atoms with van der Waals surface area (Å²) in [6.07, 6.45) is 5.92. The molecule has 7 unspecified atom stereocenters. The number of ether oxygens (including phenoxy) is 2. The molecule has 4 heteroatoms. The van der Waals surface area contributed by atoms with Crippen LogP contribution in [0.5, 0.6) is 0 Å². The van der Waals surface area contributed by atoms with Crippen LogP contribution in [0.4, 0.5) is 0 Å². The summed E-state index contributed by atoms with van der Waals surface area (Å²) in [4.78, 5) is 23.4. The van der Waals surface area contributed by atoms with Crippen LogP contribution < -0.4 is 0 Å². The molecule has 0 radical (unpaired) electrons. The molecule has 3 rings (SSSR count). The second-order valence-electron chi connectivity index (χ2n) is 8.82. The molecule has 0 aromatic rings. The SMILES string of the molecule is C=C(C)C(=O)OCCC1CC2C3CC(C(C)OC(=O)C(=C)C)C(C3)C2C1. The van der Waals surface area contributed by atoms with Gasteiger partial charge in [0.2, 0.25) is 0 Å². The van der Waals surface area contributed by atoms with Gasteiger partial charge in [-0.1, -0.05) is 13.2 Å². The van der Waals surface area contributed by atoms with Crippen molar-refractivity contribution in [1.29, 1.82) is 0 Å². The quantitative estimate of drug-likeness (QED) is 0.502. The van der Waals surface area contributed by atoms with Gasteiger partial charge in [-0.3, -0.25) is 0 Å². The Labute approximate surface area is 157 Å². The van der Waals surface area contributed by atoms with Crippen LogP contribution in [-0.4, -0.2) is 24.6 Å². The van der Waals surface area contributed by atoms with Gasteiger partial charge in [0.15, 0.2) is 0 Å². The molecule has 0 saturated heterocycles. The number of carbonyl (C=O) groups is 2. The molecule has 3 aliphatic rings. The van der Waals surface area contributed by atoms with Gasteiger partial charge in [-0.05, 0) is 88.4 Å². The number of hydrogen-bond donors (Lipinski definition) is 0. The summed E-state index contributed by atoms with van der Waals surface area (Å²) < 4.78 is 10.9. The highest BCUT2D eigenvalue weighted by atomic mass is 16.5. The second-order valence-corrected chi connectivity index (χ2v) is 8.82. The number of fused-ring (bicyclic) bond motifs is 5. The Hall–Kier alpha value is -1.58. The van der Waals surface area contributed by atoms with E-state index in [4.69, 9.17) is 9.47 Å². The van der Waals surface area contributed by atoms with Gasteiger partial charge in [0.25, 0.3) is 0 Å². The molecule has 0 heterocycles. The van der Waals surface area contributed by atoms with Crippen molar-refractivity contribution in [3.05, 3.63) is 24.3 Å². The maximum atomic E-state index is 11.8. The summed E-state index contributed by atoms with van der Waals surface area (Å²) in [5.74, 6) is 3.64. The lowest BCUT2D eigenvalue weighted by atomic mass is 9.74. The van der Waals surface area contributed by atoms with Crippen molar-refractivity contribution in [1.82, 2.24) is 0 Å². The van der Waals surface area contributed by atoms with Crippen molar-refractivity contribution >= 4 is 11.9 Å². The zero-order chi connectivity index (χ0) is 19.0. The van der Waals surface area contributed by atoms with Crippen molar-refractivity contribution < 1.29 is 19.1 Å². The van der Waals surface area contributed by atoms with Crippen LogP contribution in [0.25, 0.3) is 0 Å². The number of esters is 2. The summed E-state index contributed by atoms with van der Waals surface area (Å²) in [7, 11) is 0. The molecule has 3 fully saturated rings. The lowest BCUT2D eigenvalue weighted by Crippen LogP contribution is -2.33. The first-order valence-electron chi connectivity index (χ1n) is 9.97. The molecule has 4 nitrogen and oxygen atoms in total. The molecule has 0 aromatic heterocycles. The smallest absolute Gasteiger partial charge is 0.333 e. The highest BCUT2D eigenvalue weighted by Crippen LogP contribution is 2.63. The molecule has 3 saturated carbocycles. The number of hydrogen-bond acceptors (Lipinski definition) is 4. The maximum absolute atomic E-state index is 11.8. The third kappa shape index (κ3) is 3.74. The lowest BCUT2D eigenvalue weighted by Gasteiger charge is -2.34.